The van der Waals surface area contributed by atoms with Gasteiger partial charge in [0.25, 0.3) is 0 Å². The molecule has 2 aromatic carbocycles. The molecule has 1 atom stereocenters. The minimum absolute atomic E-state index is 0.290. The van der Waals surface area contributed by atoms with Crippen molar-refractivity contribution < 1.29 is 22.7 Å². The van der Waals surface area contributed by atoms with Gasteiger partial charge in [0.15, 0.2) is 0 Å². The summed E-state index contributed by atoms with van der Waals surface area (Å²) >= 11 is 6.45. The number of nitrogens with two attached hydrogens (primary N) is 1. The van der Waals surface area contributed by atoms with E-state index in [2.05, 4.69) is 10.3 Å². The molecule has 0 unspecified atom stereocenters. The number of primary amides is 1. The second-order valence-corrected chi connectivity index (χ2v) is 7.68. The first-order valence-electron chi connectivity index (χ1n) is 10.1. The molecule has 0 radical (unpaired) electrons. The van der Waals surface area contributed by atoms with E-state index in [0.717, 1.165) is 17.6 Å². The van der Waals surface area contributed by atoms with Crippen molar-refractivity contribution in [3.05, 3.63) is 52.8 Å². The number of rotatable bonds is 9. The molecular formula is C22H24ClF3N4O2. The van der Waals surface area contributed by atoms with E-state index in [4.69, 9.17) is 22.1 Å². The molecule has 0 spiro atoms. The van der Waals surface area contributed by atoms with Crippen LogP contribution in [0.25, 0.3) is 22.2 Å². The number of carbonyl (C=O) groups excluding carboxylic acids is 1. The molecule has 0 fully saturated rings. The molecule has 0 aliphatic carbocycles. The van der Waals surface area contributed by atoms with Crippen LogP contribution in [0.5, 0.6) is 0 Å². The van der Waals surface area contributed by atoms with Gasteiger partial charge in [-0.2, -0.15) is 13.2 Å². The summed E-state index contributed by atoms with van der Waals surface area (Å²) in [6.45, 7) is 5.35. The van der Waals surface area contributed by atoms with E-state index in [0.29, 0.717) is 47.2 Å². The Bertz CT molecular complexity index is 1100. The number of benzene rings is 2. The molecule has 1 amide bonds. The first-order chi connectivity index (χ1) is 15.1. The molecule has 0 aliphatic rings. The van der Waals surface area contributed by atoms with Crippen LogP contribution in [-0.4, -0.2) is 34.7 Å². The van der Waals surface area contributed by atoms with Gasteiger partial charge in [-0.3, -0.25) is 10.1 Å². The van der Waals surface area contributed by atoms with Gasteiger partial charge in [0.05, 0.1) is 40.8 Å². The molecule has 0 aliphatic heterocycles. The van der Waals surface area contributed by atoms with Crippen molar-refractivity contribution in [3.63, 3.8) is 0 Å². The van der Waals surface area contributed by atoms with Crippen LogP contribution in [0.15, 0.2) is 36.4 Å². The van der Waals surface area contributed by atoms with E-state index in [1.807, 2.05) is 11.5 Å². The van der Waals surface area contributed by atoms with Crippen molar-refractivity contribution in [2.24, 2.45) is 5.73 Å². The molecule has 1 aromatic heterocycles. The van der Waals surface area contributed by atoms with Crippen molar-refractivity contribution in [2.45, 2.75) is 39.2 Å². The Labute approximate surface area is 188 Å². The molecule has 1 heterocycles. The van der Waals surface area contributed by atoms with Gasteiger partial charge >= 0.3 is 6.18 Å². The molecular weight excluding hydrogens is 445 g/mol. The number of amides is 1. The summed E-state index contributed by atoms with van der Waals surface area (Å²) in [7, 11) is 0. The minimum atomic E-state index is -4.41. The van der Waals surface area contributed by atoms with Crippen molar-refractivity contribution in [1.82, 2.24) is 14.9 Å². The van der Waals surface area contributed by atoms with Gasteiger partial charge < -0.3 is 15.0 Å². The lowest BCUT2D eigenvalue weighted by molar-refractivity contribution is -0.137. The lowest BCUT2D eigenvalue weighted by Gasteiger charge is -2.13. The molecule has 172 valence electrons. The van der Waals surface area contributed by atoms with Gasteiger partial charge in [0, 0.05) is 18.7 Å². The zero-order chi connectivity index (χ0) is 23.5. The summed E-state index contributed by atoms with van der Waals surface area (Å²) in [6.07, 6.45) is -4.41. The molecule has 0 saturated heterocycles. The van der Waals surface area contributed by atoms with Crippen molar-refractivity contribution in [1.29, 1.82) is 0 Å². The van der Waals surface area contributed by atoms with Crippen LogP contribution in [0, 0.1) is 0 Å². The van der Waals surface area contributed by atoms with Crippen molar-refractivity contribution in [2.75, 3.05) is 13.2 Å². The quantitative estimate of drug-likeness (QED) is 0.457. The van der Waals surface area contributed by atoms with Gasteiger partial charge in [0.1, 0.15) is 5.82 Å². The summed E-state index contributed by atoms with van der Waals surface area (Å²) in [6, 6.07) is 7.80. The first-order valence-corrected chi connectivity index (χ1v) is 10.5. The molecule has 3 aromatic rings. The second-order valence-electron chi connectivity index (χ2n) is 7.28. The highest BCUT2D eigenvalue weighted by Crippen LogP contribution is 2.35. The van der Waals surface area contributed by atoms with E-state index in [9.17, 15) is 18.0 Å². The normalized spacial score (nSPS) is 12.9. The van der Waals surface area contributed by atoms with E-state index in [1.165, 1.54) is 12.1 Å². The SMILES string of the molecule is CCOCCn1c(CN[C@@H](C)C(N)=O)nc2cc(Cl)c(-c3ccc(C(F)(F)F)cc3)cc21. The van der Waals surface area contributed by atoms with Crippen LogP contribution in [0.2, 0.25) is 5.02 Å². The lowest BCUT2D eigenvalue weighted by atomic mass is 10.0. The number of aromatic nitrogens is 2. The zero-order valence-corrected chi connectivity index (χ0v) is 18.4. The average molecular weight is 469 g/mol. The summed E-state index contributed by atoms with van der Waals surface area (Å²) < 4.78 is 46.1. The molecule has 3 rings (SSSR count). The number of carbonyl (C=O) groups is 1. The van der Waals surface area contributed by atoms with E-state index in [-0.39, 0.29) is 6.54 Å². The summed E-state index contributed by atoms with van der Waals surface area (Å²) in [5.41, 5.74) is 7.13. The first kappa shape index (κ1) is 24.0. The Balaban J connectivity index is 2.02. The maximum Gasteiger partial charge on any atom is 0.416 e. The number of nitrogens with zero attached hydrogens (tertiary/aromatic N) is 2. The molecule has 32 heavy (non-hydrogen) atoms. The summed E-state index contributed by atoms with van der Waals surface area (Å²) in [5.74, 6) is 0.183. The third kappa shape index (κ3) is 5.40. The average Bonchev–Trinajstić information content (AvgIpc) is 3.07. The highest BCUT2D eigenvalue weighted by molar-refractivity contribution is 6.34. The van der Waals surface area contributed by atoms with Crippen LogP contribution < -0.4 is 11.1 Å². The number of halogens is 4. The summed E-state index contributed by atoms with van der Waals surface area (Å²) in [5, 5.41) is 3.41. The zero-order valence-electron chi connectivity index (χ0n) is 17.7. The number of nitrogens with one attached hydrogen (secondary N) is 1. The standard InChI is InChI=1S/C22H24ClF3N4O2/c1-3-32-9-8-30-19-10-16(14-4-6-15(7-5-14)22(24,25)26)17(23)11-18(19)29-20(30)12-28-13(2)21(27)31/h4-7,10-11,13,28H,3,8-9,12H2,1-2H3,(H2,27,31)/t13-/m0/s1. The Morgan fingerprint density at radius 1 is 1.28 bits per heavy atom. The number of hydrogen-bond donors (Lipinski definition) is 2. The van der Waals surface area contributed by atoms with Gasteiger partial charge in [-0.25, -0.2) is 4.98 Å². The van der Waals surface area contributed by atoms with Gasteiger partial charge in [-0.05, 0) is 43.7 Å². The van der Waals surface area contributed by atoms with Crippen LogP contribution >= 0.6 is 11.6 Å². The largest absolute Gasteiger partial charge is 0.416 e. The number of hydrogen-bond acceptors (Lipinski definition) is 4. The smallest absolute Gasteiger partial charge is 0.380 e. The molecule has 0 saturated carbocycles. The molecule has 10 heteroatoms. The Morgan fingerprint density at radius 3 is 2.56 bits per heavy atom. The van der Waals surface area contributed by atoms with Crippen LogP contribution in [-0.2, 0) is 28.8 Å². The maximum atomic E-state index is 12.9. The third-order valence-electron chi connectivity index (χ3n) is 5.10. The minimum Gasteiger partial charge on any atom is -0.380 e. The van der Waals surface area contributed by atoms with Gasteiger partial charge in [-0.15, -0.1) is 0 Å². The third-order valence-corrected chi connectivity index (χ3v) is 5.41. The fourth-order valence-electron chi connectivity index (χ4n) is 3.29. The van der Waals surface area contributed by atoms with Gasteiger partial charge in [-0.1, -0.05) is 23.7 Å². The fraction of sp³-hybridized carbons (Fsp3) is 0.364. The monoisotopic (exact) mass is 468 g/mol. The highest BCUT2D eigenvalue weighted by atomic mass is 35.5. The number of fused-ring (bicyclic) bond motifs is 1. The lowest BCUT2D eigenvalue weighted by Crippen LogP contribution is -2.38. The Hall–Kier alpha value is -2.62. The van der Waals surface area contributed by atoms with Gasteiger partial charge in [0.2, 0.25) is 5.91 Å². The van der Waals surface area contributed by atoms with E-state index >= 15 is 0 Å². The summed E-state index contributed by atoms with van der Waals surface area (Å²) in [4.78, 5) is 16.0. The van der Waals surface area contributed by atoms with E-state index in [1.54, 1.807) is 19.1 Å². The molecule has 3 N–H and O–H groups in total. The molecule has 0 bridgehead atoms. The van der Waals surface area contributed by atoms with E-state index < -0.39 is 23.7 Å². The van der Waals surface area contributed by atoms with Crippen molar-refractivity contribution in [3.8, 4) is 11.1 Å². The Kier molecular flexibility index (Phi) is 7.43. The van der Waals surface area contributed by atoms with Crippen LogP contribution in [0.3, 0.4) is 0 Å². The topological polar surface area (TPSA) is 82.2 Å². The predicted octanol–water partition coefficient (Wildman–Crippen LogP) is 4.38. The Morgan fingerprint density at radius 2 is 1.97 bits per heavy atom. The predicted molar refractivity (Wildman–Crippen MR) is 117 cm³/mol. The van der Waals surface area contributed by atoms with Crippen LogP contribution in [0.4, 0.5) is 13.2 Å². The maximum absolute atomic E-state index is 12.9. The number of ether oxygens (including phenoxy) is 1. The molecule has 6 nitrogen and oxygen atoms in total. The highest BCUT2D eigenvalue weighted by Gasteiger charge is 2.30. The second kappa shape index (κ2) is 9.89. The fourth-order valence-corrected chi connectivity index (χ4v) is 3.55. The van der Waals surface area contributed by atoms with Crippen molar-refractivity contribution >= 4 is 28.5 Å². The van der Waals surface area contributed by atoms with Crippen LogP contribution in [0.1, 0.15) is 25.2 Å². The number of alkyl halides is 3. The number of imidazole rings is 1.